The van der Waals surface area contributed by atoms with Crippen LogP contribution >= 0.6 is 27.5 Å². The number of rotatable bonds is 6. The maximum Gasteiger partial charge on any atom is 0.0413 e. The molecule has 4 heteroatoms. The molecule has 2 aromatic rings. The van der Waals surface area contributed by atoms with E-state index in [0.29, 0.717) is 12.0 Å². The third kappa shape index (κ3) is 4.53. The second-order valence-electron chi connectivity index (χ2n) is 5.61. The lowest BCUT2D eigenvalue weighted by atomic mass is 9.94. The van der Waals surface area contributed by atoms with Gasteiger partial charge in [-0.3, -0.25) is 4.98 Å². The van der Waals surface area contributed by atoms with E-state index < -0.39 is 0 Å². The zero-order valence-corrected chi connectivity index (χ0v) is 14.1. The van der Waals surface area contributed by atoms with Crippen molar-refractivity contribution in [1.29, 1.82) is 0 Å². The average molecular weight is 366 g/mol. The minimum atomic E-state index is 0.401. The predicted molar refractivity (Wildman–Crippen MR) is 90.9 cm³/mol. The molecule has 2 nitrogen and oxygen atoms in total. The Balaban J connectivity index is 1.75. The molecule has 110 valence electrons. The number of hydrogen-bond acceptors (Lipinski definition) is 2. The Morgan fingerprint density at radius 3 is 2.81 bits per heavy atom. The summed E-state index contributed by atoms with van der Waals surface area (Å²) in [6.45, 7) is 0.975. The van der Waals surface area contributed by atoms with Gasteiger partial charge in [0.15, 0.2) is 0 Å². The van der Waals surface area contributed by atoms with Gasteiger partial charge in [-0.05, 0) is 65.0 Å². The van der Waals surface area contributed by atoms with Crippen molar-refractivity contribution in [2.75, 3.05) is 6.54 Å². The molecule has 0 spiro atoms. The molecule has 1 saturated carbocycles. The Labute approximate surface area is 139 Å². The van der Waals surface area contributed by atoms with Crippen LogP contribution in [0.4, 0.5) is 0 Å². The molecule has 0 radical (unpaired) electrons. The van der Waals surface area contributed by atoms with Crippen molar-refractivity contribution >= 4 is 27.5 Å². The molecular weight excluding hydrogens is 348 g/mol. The van der Waals surface area contributed by atoms with Crippen molar-refractivity contribution in [2.24, 2.45) is 0 Å². The van der Waals surface area contributed by atoms with Crippen LogP contribution in [0.25, 0.3) is 0 Å². The summed E-state index contributed by atoms with van der Waals surface area (Å²) in [4.78, 5) is 4.50. The van der Waals surface area contributed by atoms with Crippen molar-refractivity contribution in [3.63, 3.8) is 0 Å². The maximum absolute atomic E-state index is 6.15. The number of pyridine rings is 1. The van der Waals surface area contributed by atoms with Crippen molar-refractivity contribution < 1.29 is 0 Å². The van der Waals surface area contributed by atoms with Crippen LogP contribution in [0.2, 0.25) is 5.02 Å². The molecule has 1 atom stereocenters. The van der Waals surface area contributed by atoms with Crippen LogP contribution in [0, 0.1) is 0 Å². The lowest BCUT2D eigenvalue weighted by Crippen LogP contribution is -2.25. The molecule has 0 aliphatic heterocycles. The number of aromatic nitrogens is 1. The Hall–Kier alpha value is -0.900. The fourth-order valence-corrected chi connectivity index (χ4v) is 2.88. The molecule has 1 aliphatic carbocycles. The Morgan fingerprint density at radius 2 is 2.14 bits per heavy atom. The fraction of sp³-hybridized carbons (Fsp3) is 0.353. The van der Waals surface area contributed by atoms with Gasteiger partial charge in [0.1, 0.15) is 0 Å². The highest BCUT2D eigenvalue weighted by molar-refractivity contribution is 9.10. The quantitative estimate of drug-likeness (QED) is 0.810. The number of nitrogens with zero attached hydrogens (tertiary/aromatic N) is 1. The summed E-state index contributed by atoms with van der Waals surface area (Å²) in [6.07, 6.45) is 5.39. The standard InChI is InChI=1S/C17H18BrClN2/c18-14-4-5-17(21-11-14)9-13(10-20-16-6-7-16)12-2-1-3-15(19)8-12/h1-5,8,11,13,16,20H,6-7,9-10H2. The van der Waals surface area contributed by atoms with E-state index in [-0.39, 0.29) is 0 Å². The van der Waals surface area contributed by atoms with Crippen LogP contribution in [-0.4, -0.2) is 17.6 Å². The van der Waals surface area contributed by atoms with E-state index in [1.54, 1.807) is 0 Å². The summed E-state index contributed by atoms with van der Waals surface area (Å²) >= 11 is 9.58. The smallest absolute Gasteiger partial charge is 0.0413 e. The first-order valence-electron chi connectivity index (χ1n) is 7.30. The van der Waals surface area contributed by atoms with Gasteiger partial charge < -0.3 is 5.32 Å². The molecule has 0 saturated heterocycles. The Kier molecular flexibility index (Phi) is 4.94. The molecule has 0 bridgehead atoms. The average Bonchev–Trinajstić information content (AvgIpc) is 3.30. The first-order chi connectivity index (χ1) is 10.2. The third-order valence-electron chi connectivity index (χ3n) is 3.79. The van der Waals surface area contributed by atoms with Gasteiger partial charge in [0.05, 0.1) is 0 Å². The molecular formula is C17H18BrClN2. The van der Waals surface area contributed by atoms with Crippen LogP contribution in [-0.2, 0) is 6.42 Å². The highest BCUT2D eigenvalue weighted by Gasteiger charge is 2.23. The minimum Gasteiger partial charge on any atom is -0.313 e. The Morgan fingerprint density at radius 1 is 1.29 bits per heavy atom. The van der Waals surface area contributed by atoms with E-state index in [4.69, 9.17) is 11.6 Å². The molecule has 1 aromatic carbocycles. The Bertz CT molecular complexity index is 596. The molecule has 0 amide bonds. The van der Waals surface area contributed by atoms with Crippen LogP contribution in [0.3, 0.4) is 0 Å². The van der Waals surface area contributed by atoms with Crippen LogP contribution in [0.5, 0.6) is 0 Å². The van der Waals surface area contributed by atoms with Crippen LogP contribution < -0.4 is 5.32 Å². The van der Waals surface area contributed by atoms with Gasteiger partial charge in [-0.15, -0.1) is 0 Å². The molecule has 1 aliphatic rings. The monoisotopic (exact) mass is 364 g/mol. The number of benzene rings is 1. The number of hydrogen-bond donors (Lipinski definition) is 1. The second kappa shape index (κ2) is 6.91. The summed E-state index contributed by atoms with van der Waals surface area (Å²) in [7, 11) is 0. The first kappa shape index (κ1) is 15.0. The molecule has 1 heterocycles. The summed E-state index contributed by atoms with van der Waals surface area (Å²) < 4.78 is 1.02. The largest absolute Gasteiger partial charge is 0.313 e. The van der Waals surface area contributed by atoms with Gasteiger partial charge in [-0.1, -0.05) is 23.7 Å². The molecule has 1 aromatic heterocycles. The molecule has 3 rings (SSSR count). The van der Waals surface area contributed by atoms with Crippen LogP contribution in [0.15, 0.2) is 47.1 Å². The van der Waals surface area contributed by atoms with Crippen molar-refractivity contribution in [3.8, 4) is 0 Å². The van der Waals surface area contributed by atoms with E-state index in [2.05, 4.69) is 44.4 Å². The van der Waals surface area contributed by atoms with E-state index in [0.717, 1.165) is 28.2 Å². The van der Waals surface area contributed by atoms with Crippen LogP contribution in [0.1, 0.15) is 30.0 Å². The van der Waals surface area contributed by atoms with E-state index in [9.17, 15) is 0 Å². The van der Waals surface area contributed by atoms with Gasteiger partial charge in [0, 0.05) is 39.9 Å². The van der Waals surface area contributed by atoms with Crippen molar-refractivity contribution in [3.05, 3.63) is 63.3 Å². The highest BCUT2D eigenvalue weighted by atomic mass is 79.9. The zero-order chi connectivity index (χ0) is 14.7. The van der Waals surface area contributed by atoms with Gasteiger partial charge in [-0.25, -0.2) is 0 Å². The van der Waals surface area contributed by atoms with Gasteiger partial charge >= 0.3 is 0 Å². The lowest BCUT2D eigenvalue weighted by Gasteiger charge is -2.18. The van der Waals surface area contributed by atoms with E-state index in [1.807, 2.05) is 24.4 Å². The number of halogens is 2. The van der Waals surface area contributed by atoms with Crippen molar-refractivity contribution in [2.45, 2.75) is 31.2 Å². The second-order valence-corrected chi connectivity index (χ2v) is 6.96. The summed E-state index contributed by atoms with van der Waals surface area (Å²) in [5, 5.41) is 4.42. The highest BCUT2D eigenvalue weighted by Crippen LogP contribution is 2.25. The third-order valence-corrected chi connectivity index (χ3v) is 4.50. The summed E-state index contributed by atoms with van der Waals surface area (Å²) in [5.74, 6) is 0.401. The minimum absolute atomic E-state index is 0.401. The molecule has 1 fully saturated rings. The SMILES string of the molecule is Clc1cccc(C(CNC2CC2)Cc2ccc(Br)cn2)c1. The van der Waals surface area contributed by atoms with E-state index in [1.165, 1.54) is 18.4 Å². The topological polar surface area (TPSA) is 24.9 Å². The normalized spacial score (nSPS) is 15.9. The van der Waals surface area contributed by atoms with Gasteiger partial charge in [0.25, 0.3) is 0 Å². The molecule has 1 N–H and O–H groups in total. The van der Waals surface area contributed by atoms with Crippen molar-refractivity contribution in [1.82, 2.24) is 10.3 Å². The lowest BCUT2D eigenvalue weighted by molar-refractivity contribution is 0.572. The number of nitrogens with one attached hydrogen (secondary N) is 1. The zero-order valence-electron chi connectivity index (χ0n) is 11.7. The van der Waals surface area contributed by atoms with Gasteiger partial charge in [-0.2, -0.15) is 0 Å². The van der Waals surface area contributed by atoms with Gasteiger partial charge in [0.2, 0.25) is 0 Å². The fourth-order valence-electron chi connectivity index (χ4n) is 2.44. The predicted octanol–water partition coefficient (Wildman–Crippen LogP) is 4.58. The molecule has 21 heavy (non-hydrogen) atoms. The maximum atomic E-state index is 6.15. The molecule has 1 unspecified atom stereocenters. The summed E-state index contributed by atoms with van der Waals surface area (Å²) in [6, 6.07) is 13.0. The van der Waals surface area contributed by atoms with E-state index >= 15 is 0 Å². The summed E-state index contributed by atoms with van der Waals surface area (Å²) in [5.41, 5.74) is 2.39. The first-order valence-corrected chi connectivity index (χ1v) is 8.47.